The van der Waals surface area contributed by atoms with Crippen LogP contribution in [0.1, 0.15) is 17.2 Å². The molecule has 1 heterocycles. The van der Waals surface area contributed by atoms with Crippen molar-refractivity contribution in [2.45, 2.75) is 6.04 Å². The average molecular weight is 351 g/mol. The monoisotopic (exact) mass is 350 g/mol. The molecule has 0 spiro atoms. The smallest absolute Gasteiger partial charge is 0.119 e. The Hall–Kier alpha value is -1.26. The minimum absolute atomic E-state index is 0.0680. The van der Waals surface area contributed by atoms with E-state index in [2.05, 4.69) is 28.4 Å². The summed E-state index contributed by atoms with van der Waals surface area (Å²) in [5.74, 6) is 0.848. The molecule has 1 aliphatic heterocycles. The molecule has 2 aromatic carbocycles. The van der Waals surface area contributed by atoms with Crippen molar-refractivity contribution < 1.29 is 4.74 Å². The van der Waals surface area contributed by atoms with Crippen LogP contribution in [-0.2, 0) is 0 Å². The molecule has 0 amide bonds. The summed E-state index contributed by atoms with van der Waals surface area (Å²) in [7, 11) is 1.69. The number of nitrogens with one attached hydrogen (secondary N) is 1. The van der Waals surface area contributed by atoms with E-state index in [9.17, 15) is 0 Å². The molecule has 1 N–H and O–H groups in total. The first-order valence-corrected chi connectivity index (χ1v) is 8.49. The van der Waals surface area contributed by atoms with E-state index in [0.29, 0.717) is 10.0 Å². The fourth-order valence-electron chi connectivity index (χ4n) is 3.07. The summed E-state index contributed by atoms with van der Waals surface area (Å²) >= 11 is 12.8. The molecule has 0 aliphatic carbocycles. The summed E-state index contributed by atoms with van der Waals surface area (Å²) in [6.07, 6.45) is 0. The predicted molar refractivity (Wildman–Crippen MR) is 95.7 cm³/mol. The molecule has 2 aromatic rings. The van der Waals surface area contributed by atoms with Crippen molar-refractivity contribution in [1.82, 2.24) is 10.2 Å². The Labute approximate surface area is 147 Å². The van der Waals surface area contributed by atoms with Crippen LogP contribution in [0.2, 0.25) is 10.0 Å². The van der Waals surface area contributed by atoms with Crippen LogP contribution in [0.15, 0.2) is 42.5 Å². The zero-order valence-electron chi connectivity index (χ0n) is 13.1. The van der Waals surface area contributed by atoms with E-state index in [1.165, 1.54) is 0 Å². The molecule has 5 heteroatoms. The lowest BCUT2D eigenvalue weighted by molar-refractivity contribution is 0.198. The molecule has 23 heavy (non-hydrogen) atoms. The maximum atomic E-state index is 6.53. The van der Waals surface area contributed by atoms with Crippen LogP contribution in [0.25, 0.3) is 0 Å². The van der Waals surface area contributed by atoms with Crippen LogP contribution in [0.3, 0.4) is 0 Å². The third-order valence-corrected chi connectivity index (χ3v) is 5.04. The fraction of sp³-hybridized carbons (Fsp3) is 0.333. The Morgan fingerprint density at radius 2 is 1.83 bits per heavy atom. The van der Waals surface area contributed by atoms with E-state index in [1.807, 2.05) is 24.3 Å². The van der Waals surface area contributed by atoms with Gasteiger partial charge in [-0.1, -0.05) is 47.5 Å². The van der Waals surface area contributed by atoms with Crippen LogP contribution in [0.4, 0.5) is 0 Å². The minimum atomic E-state index is 0.0680. The van der Waals surface area contributed by atoms with Gasteiger partial charge in [-0.05, 0) is 29.3 Å². The second-order valence-corrected chi connectivity index (χ2v) is 6.39. The zero-order chi connectivity index (χ0) is 16.2. The first-order chi connectivity index (χ1) is 11.2. The number of rotatable bonds is 4. The third-order valence-electron chi connectivity index (χ3n) is 4.20. The SMILES string of the molecule is COc1cccc(C(c2cccc(Cl)c2Cl)N2CCNCC2)c1. The molecule has 1 atom stereocenters. The summed E-state index contributed by atoms with van der Waals surface area (Å²) in [5.41, 5.74) is 2.20. The number of hydrogen-bond acceptors (Lipinski definition) is 3. The van der Waals surface area contributed by atoms with Gasteiger partial charge >= 0.3 is 0 Å². The largest absolute Gasteiger partial charge is 0.497 e. The van der Waals surface area contributed by atoms with Crippen LogP contribution < -0.4 is 10.1 Å². The zero-order valence-corrected chi connectivity index (χ0v) is 14.6. The number of nitrogens with zero attached hydrogens (tertiary/aromatic N) is 1. The quantitative estimate of drug-likeness (QED) is 0.901. The van der Waals surface area contributed by atoms with E-state index >= 15 is 0 Å². The highest BCUT2D eigenvalue weighted by Crippen LogP contribution is 2.37. The number of hydrogen-bond donors (Lipinski definition) is 1. The van der Waals surface area contributed by atoms with E-state index in [1.54, 1.807) is 7.11 Å². The van der Waals surface area contributed by atoms with Gasteiger partial charge in [0.25, 0.3) is 0 Å². The first kappa shape index (κ1) is 16.6. The van der Waals surface area contributed by atoms with E-state index < -0.39 is 0 Å². The molecule has 1 saturated heterocycles. The van der Waals surface area contributed by atoms with Crippen molar-refractivity contribution in [3.8, 4) is 5.75 Å². The standard InChI is InChI=1S/C18H20Cl2N2O/c1-23-14-5-2-4-13(12-14)18(22-10-8-21-9-11-22)15-6-3-7-16(19)17(15)20/h2-7,12,18,21H,8-11H2,1H3. The summed E-state index contributed by atoms with van der Waals surface area (Å²) in [4.78, 5) is 2.43. The van der Waals surface area contributed by atoms with E-state index in [4.69, 9.17) is 27.9 Å². The number of benzene rings is 2. The van der Waals surface area contributed by atoms with Gasteiger partial charge in [-0.2, -0.15) is 0 Å². The second kappa shape index (κ2) is 7.54. The van der Waals surface area contributed by atoms with Crippen molar-refractivity contribution >= 4 is 23.2 Å². The normalized spacial score (nSPS) is 17.0. The van der Waals surface area contributed by atoms with Gasteiger partial charge < -0.3 is 10.1 Å². The molecule has 1 unspecified atom stereocenters. The molecule has 1 fully saturated rings. The maximum Gasteiger partial charge on any atom is 0.119 e. The lowest BCUT2D eigenvalue weighted by Gasteiger charge is -2.36. The molecule has 0 radical (unpaired) electrons. The Kier molecular flexibility index (Phi) is 5.44. The lowest BCUT2D eigenvalue weighted by atomic mass is 9.96. The maximum absolute atomic E-state index is 6.53. The van der Waals surface area contributed by atoms with Gasteiger partial charge in [-0.3, -0.25) is 4.90 Å². The van der Waals surface area contributed by atoms with Crippen LogP contribution >= 0.6 is 23.2 Å². The Balaban J connectivity index is 2.07. The molecule has 3 nitrogen and oxygen atoms in total. The molecule has 0 aromatic heterocycles. The van der Waals surface area contributed by atoms with Crippen molar-refractivity contribution in [2.24, 2.45) is 0 Å². The molecule has 1 aliphatic rings. The Morgan fingerprint density at radius 3 is 2.57 bits per heavy atom. The number of halogens is 2. The van der Waals surface area contributed by atoms with Gasteiger partial charge in [0.05, 0.1) is 23.2 Å². The Bertz CT molecular complexity index is 672. The topological polar surface area (TPSA) is 24.5 Å². The minimum Gasteiger partial charge on any atom is -0.497 e. The highest BCUT2D eigenvalue weighted by atomic mass is 35.5. The van der Waals surface area contributed by atoms with Crippen molar-refractivity contribution in [3.63, 3.8) is 0 Å². The van der Waals surface area contributed by atoms with Gasteiger partial charge in [0.1, 0.15) is 5.75 Å². The summed E-state index contributed by atoms with van der Waals surface area (Å²) in [6.45, 7) is 3.87. The molecule has 0 bridgehead atoms. The Morgan fingerprint density at radius 1 is 1.09 bits per heavy atom. The lowest BCUT2D eigenvalue weighted by Crippen LogP contribution is -2.45. The molecular formula is C18H20Cl2N2O. The number of methoxy groups -OCH3 is 1. The van der Waals surface area contributed by atoms with E-state index in [-0.39, 0.29) is 6.04 Å². The summed E-state index contributed by atoms with van der Waals surface area (Å²) in [5, 5.41) is 4.61. The highest BCUT2D eigenvalue weighted by molar-refractivity contribution is 6.42. The fourth-order valence-corrected chi connectivity index (χ4v) is 3.48. The molecule has 0 saturated carbocycles. The van der Waals surface area contributed by atoms with Gasteiger partial charge in [-0.15, -0.1) is 0 Å². The van der Waals surface area contributed by atoms with Gasteiger partial charge in [0.2, 0.25) is 0 Å². The molecule has 122 valence electrons. The van der Waals surface area contributed by atoms with Crippen LogP contribution in [-0.4, -0.2) is 38.2 Å². The predicted octanol–water partition coefficient (Wildman–Crippen LogP) is 4.00. The number of ether oxygens (including phenoxy) is 1. The third kappa shape index (κ3) is 3.64. The van der Waals surface area contributed by atoms with Crippen molar-refractivity contribution in [2.75, 3.05) is 33.3 Å². The first-order valence-electron chi connectivity index (χ1n) is 7.73. The van der Waals surface area contributed by atoms with Crippen LogP contribution in [0, 0.1) is 0 Å². The second-order valence-electron chi connectivity index (χ2n) is 5.61. The van der Waals surface area contributed by atoms with Gasteiger partial charge in [0, 0.05) is 26.2 Å². The summed E-state index contributed by atoms with van der Waals surface area (Å²) in [6, 6.07) is 14.1. The summed E-state index contributed by atoms with van der Waals surface area (Å²) < 4.78 is 5.39. The molecular weight excluding hydrogens is 331 g/mol. The van der Waals surface area contributed by atoms with Gasteiger partial charge in [-0.25, -0.2) is 0 Å². The number of piperazine rings is 1. The van der Waals surface area contributed by atoms with E-state index in [0.717, 1.165) is 43.1 Å². The average Bonchev–Trinajstić information content (AvgIpc) is 2.60. The molecule has 3 rings (SSSR count). The highest BCUT2D eigenvalue weighted by Gasteiger charge is 2.26. The van der Waals surface area contributed by atoms with Crippen molar-refractivity contribution in [1.29, 1.82) is 0 Å². The van der Waals surface area contributed by atoms with Crippen molar-refractivity contribution in [3.05, 3.63) is 63.6 Å². The van der Waals surface area contributed by atoms with Crippen LogP contribution in [0.5, 0.6) is 5.75 Å². The van der Waals surface area contributed by atoms with Gasteiger partial charge in [0.15, 0.2) is 0 Å².